The van der Waals surface area contributed by atoms with Gasteiger partial charge < -0.3 is 5.11 Å². The molecule has 0 saturated heterocycles. The van der Waals surface area contributed by atoms with Crippen molar-refractivity contribution in [3.05, 3.63) is 57.7 Å². The van der Waals surface area contributed by atoms with Crippen molar-refractivity contribution >= 4 is 17.6 Å². The molecule has 9 heteroatoms. The van der Waals surface area contributed by atoms with Gasteiger partial charge in [-0.25, -0.2) is 4.79 Å². The summed E-state index contributed by atoms with van der Waals surface area (Å²) in [5.41, 5.74) is 2.52. The van der Waals surface area contributed by atoms with Crippen LogP contribution in [0.3, 0.4) is 0 Å². The van der Waals surface area contributed by atoms with Crippen molar-refractivity contribution in [1.82, 2.24) is 24.8 Å². The molecule has 1 fully saturated rings. The third kappa shape index (κ3) is 2.12. The van der Waals surface area contributed by atoms with Crippen LogP contribution in [-0.2, 0) is 4.79 Å². The minimum Gasteiger partial charge on any atom is -0.480 e. The Kier molecular flexibility index (Phi) is 3.08. The van der Waals surface area contributed by atoms with Gasteiger partial charge in [-0.3, -0.25) is 9.36 Å². The lowest BCUT2D eigenvalue weighted by Crippen LogP contribution is -2.29. The highest BCUT2D eigenvalue weighted by atomic mass is 35.5. The van der Waals surface area contributed by atoms with Crippen molar-refractivity contribution in [3.8, 4) is 16.8 Å². The van der Waals surface area contributed by atoms with E-state index in [2.05, 4.69) is 15.5 Å². The third-order valence-electron chi connectivity index (χ3n) is 5.12. The number of aliphatic carboxylic acids is 1. The first-order chi connectivity index (χ1) is 12.5. The van der Waals surface area contributed by atoms with Crippen LogP contribution in [0.15, 0.2) is 41.5 Å². The van der Waals surface area contributed by atoms with E-state index >= 15 is 0 Å². The number of tetrazole rings is 1. The molecular formula is C17H12ClN5O3. The minimum atomic E-state index is -0.955. The average Bonchev–Trinajstić information content (AvgIpc) is 3.05. The lowest BCUT2D eigenvalue weighted by molar-refractivity contribution is -0.141. The fourth-order valence-electron chi connectivity index (χ4n) is 3.94. The molecule has 3 heterocycles. The third-order valence-corrected chi connectivity index (χ3v) is 5.35. The summed E-state index contributed by atoms with van der Waals surface area (Å²) in [7, 11) is 0. The molecule has 0 spiro atoms. The molecule has 26 heavy (non-hydrogen) atoms. The second kappa shape index (κ2) is 5.25. The molecule has 130 valence electrons. The molecule has 1 N–H and O–H groups in total. The zero-order chi connectivity index (χ0) is 18.0. The highest BCUT2D eigenvalue weighted by Gasteiger charge is 2.55. The summed E-state index contributed by atoms with van der Waals surface area (Å²) < 4.78 is 2.91. The second-order valence-corrected chi connectivity index (χ2v) is 7.02. The van der Waals surface area contributed by atoms with Gasteiger partial charge in [-0.1, -0.05) is 11.6 Å². The van der Waals surface area contributed by atoms with Crippen LogP contribution in [0.4, 0.5) is 0 Å². The number of hydrogen-bond donors (Lipinski definition) is 1. The van der Waals surface area contributed by atoms with Crippen LogP contribution in [-0.4, -0.2) is 35.9 Å². The van der Waals surface area contributed by atoms with Gasteiger partial charge in [0.1, 0.15) is 12.4 Å². The first-order valence-electron chi connectivity index (χ1n) is 8.07. The summed E-state index contributed by atoms with van der Waals surface area (Å²) in [5.74, 6) is -0.823. The number of hydrogen-bond acceptors (Lipinski definition) is 5. The molecule has 0 amide bonds. The zero-order valence-electron chi connectivity index (χ0n) is 13.3. The molecular weight excluding hydrogens is 358 g/mol. The molecule has 3 aromatic rings. The maximum Gasteiger partial charge on any atom is 0.327 e. The van der Waals surface area contributed by atoms with Gasteiger partial charge >= 0.3 is 5.97 Å². The number of carbonyl (C=O) groups is 1. The fraction of sp³-hybridized carbons (Fsp3) is 0.235. The van der Waals surface area contributed by atoms with Crippen LogP contribution in [0.5, 0.6) is 0 Å². The summed E-state index contributed by atoms with van der Waals surface area (Å²) in [6.07, 6.45) is 2.26. The molecule has 1 unspecified atom stereocenters. The topological polar surface area (TPSA) is 103 Å². The van der Waals surface area contributed by atoms with Gasteiger partial charge in [0.2, 0.25) is 0 Å². The largest absolute Gasteiger partial charge is 0.480 e. The highest BCUT2D eigenvalue weighted by molar-refractivity contribution is 6.31. The number of rotatable bonds is 3. The van der Waals surface area contributed by atoms with Crippen molar-refractivity contribution in [1.29, 1.82) is 0 Å². The Balaban J connectivity index is 1.71. The maximum absolute atomic E-state index is 12.7. The number of aromatic nitrogens is 5. The van der Waals surface area contributed by atoms with Crippen molar-refractivity contribution < 1.29 is 9.90 Å². The van der Waals surface area contributed by atoms with Crippen molar-refractivity contribution in [2.24, 2.45) is 5.92 Å². The highest BCUT2D eigenvalue weighted by Crippen LogP contribution is 2.59. The van der Waals surface area contributed by atoms with E-state index in [-0.39, 0.29) is 17.4 Å². The SMILES string of the molecule is O=C(O)[C@@H]1C2C[C@H]2c2cc(-c3cc(Cl)ccc3-n3cnnn3)cc(=O)n21. The molecule has 3 atom stereocenters. The first kappa shape index (κ1) is 15.3. The Morgan fingerprint density at radius 2 is 2.12 bits per heavy atom. The van der Waals surface area contributed by atoms with Crippen LogP contribution >= 0.6 is 11.6 Å². The predicted molar refractivity (Wildman–Crippen MR) is 91.4 cm³/mol. The molecule has 2 aromatic heterocycles. The van der Waals surface area contributed by atoms with Gasteiger partial charge in [-0.15, -0.1) is 5.10 Å². The van der Waals surface area contributed by atoms with E-state index in [0.717, 1.165) is 12.1 Å². The monoisotopic (exact) mass is 369 g/mol. The standard InChI is InChI=1S/C17H12ClN5O3/c18-9-1-2-13(22-7-19-20-21-22)10(5-9)8-3-14-11-6-12(11)16(17(25)26)23(14)15(24)4-8/h1-5,7,11-12,16H,6H2,(H,25,26)/t11-,12?,16+/m1/s1. The van der Waals surface area contributed by atoms with Crippen molar-refractivity contribution in [3.63, 3.8) is 0 Å². The zero-order valence-corrected chi connectivity index (χ0v) is 14.0. The van der Waals surface area contributed by atoms with Gasteiger partial charge in [-0.2, -0.15) is 4.68 Å². The molecule has 2 aliphatic rings. The van der Waals surface area contributed by atoms with E-state index in [1.807, 2.05) is 6.07 Å². The first-order valence-corrected chi connectivity index (χ1v) is 8.45. The molecule has 5 rings (SSSR count). The van der Waals surface area contributed by atoms with Gasteiger partial charge in [0.05, 0.1) is 5.69 Å². The summed E-state index contributed by atoms with van der Waals surface area (Å²) in [6.45, 7) is 0. The van der Waals surface area contributed by atoms with E-state index in [1.165, 1.54) is 21.6 Å². The lowest BCUT2D eigenvalue weighted by atomic mass is 10.0. The lowest BCUT2D eigenvalue weighted by Gasteiger charge is -2.16. The van der Waals surface area contributed by atoms with Crippen LogP contribution in [0, 0.1) is 5.92 Å². The molecule has 0 radical (unpaired) electrons. The number of nitrogens with zero attached hydrogens (tertiary/aromatic N) is 5. The van der Waals surface area contributed by atoms with Gasteiger partial charge in [0.25, 0.3) is 5.56 Å². The number of carboxylic acids is 1. The van der Waals surface area contributed by atoms with E-state index in [1.54, 1.807) is 18.2 Å². The van der Waals surface area contributed by atoms with E-state index < -0.39 is 12.0 Å². The van der Waals surface area contributed by atoms with Crippen LogP contribution in [0.2, 0.25) is 5.02 Å². The van der Waals surface area contributed by atoms with Gasteiger partial charge in [0.15, 0.2) is 0 Å². The minimum absolute atomic E-state index is 0.00815. The normalized spacial score (nSPS) is 22.7. The van der Waals surface area contributed by atoms with Crippen molar-refractivity contribution in [2.75, 3.05) is 0 Å². The molecule has 1 saturated carbocycles. The van der Waals surface area contributed by atoms with E-state index in [4.69, 9.17) is 11.6 Å². The summed E-state index contributed by atoms with van der Waals surface area (Å²) in [5, 5.41) is 21.2. The smallest absolute Gasteiger partial charge is 0.327 e. The maximum atomic E-state index is 12.7. The van der Waals surface area contributed by atoms with Crippen molar-refractivity contribution in [2.45, 2.75) is 18.4 Å². The fourth-order valence-corrected chi connectivity index (χ4v) is 4.11. The van der Waals surface area contributed by atoms with Gasteiger partial charge in [0, 0.05) is 28.3 Å². The summed E-state index contributed by atoms with van der Waals surface area (Å²) >= 11 is 6.16. The second-order valence-electron chi connectivity index (χ2n) is 6.58. The Morgan fingerprint density at radius 3 is 2.85 bits per heavy atom. The van der Waals surface area contributed by atoms with Crippen LogP contribution < -0.4 is 5.56 Å². The number of fused-ring (bicyclic) bond motifs is 3. The molecule has 8 nitrogen and oxygen atoms in total. The van der Waals surface area contributed by atoms with Crippen LogP contribution in [0.1, 0.15) is 24.1 Å². The summed E-state index contributed by atoms with van der Waals surface area (Å²) in [4.78, 5) is 24.2. The molecule has 1 aliphatic carbocycles. The van der Waals surface area contributed by atoms with Crippen LogP contribution in [0.25, 0.3) is 16.8 Å². The quantitative estimate of drug-likeness (QED) is 0.756. The molecule has 0 bridgehead atoms. The number of carboxylic acid groups (broad SMARTS) is 1. The Bertz CT molecular complexity index is 1110. The van der Waals surface area contributed by atoms with Gasteiger partial charge in [-0.05, 0) is 52.6 Å². The van der Waals surface area contributed by atoms with E-state index in [9.17, 15) is 14.7 Å². The Morgan fingerprint density at radius 1 is 1.27 bits per heavy atom. The number of benzene rings is 1. The number of pyridine rings is 1. The number of halogens is 1. The summed E-state index contributed by atoms with van der Waals surface area (Å²) in [6, 6.07) is 7.81. The molecule has 1 aromatic carbocycles. The Labute approximate surface area is 151 Å². The predicted octanol–water partition coefficient (Wildman–Crippen LogP) is 1.89. The van der Waals surface area contributed by atoms with E-state index in [0.29, 0.717) is 21.8 Å². The average molecular weight is 370 g/mol. The molecule has 1 aliphatic heterocycles. The Hall–Kier alpha value is -3.00.